The lowest BCUT2D eigenvalue weighted by Gasteiger charge is -2.07. The zero-order valence-electron chi connectivity index (χ0n) is 10.4. The van der Waals surface area contributed by atoms with Gasteiger partial charge in [-0.2, -0.15) is 0 Å². The number of amides is 1. The molecule has 0 heterocycles. The molecule has 0 atom stereocenters. The van der Waals surface area contributed by atoms with Gasteiger partial charge in [-0.15, -0.1) is 0 Å². The van der Waals surface area contributed by atoms with Crippen molar-refractivity contribution >= 4 is 11.6 Å². The number of halogens is 1. The highest BCUT2D eigenvalue weighted by Crippen LogP contribution is 2.23. The van der Waals surface area contributed by atoms with Crippen LogP contribution in [0.3, 0.4) is 0 Å². The van der Waals surface area contributed by atoms with Gasteiger partial charge < -0.3 is 5.32 Å². The van der Waals surface area contributed by atoms with E-state index in [2.05, 4.69) is 5.32 Å². The molecule has 2 aromatic carbocycles. The predicted molar refractivity (Wildman–Crippen MR) is 72.8 cm³/mol. The van der Waals surface area contributed by atoms with Crippen molar-refractivity contribution in [1.29, 1.82) is 0 Å². The maximum Gasteiger partial charge on any atom is 0.255 e. The Hall–Kier alpha value is -2.16. The minimum absolute atomic E-state index is 0.216. The maximum absolute atomic E-state index is 13.5. The van der Waals surface area contributed by atoms with Crippen molar-refractivity contribution in [3.8, 4) is 0 Å². The summed E-state index contributed by atoms with van der Waals surface area (Å²) in [4.78, 5) is 12.1. The number of benzene rings is 2. The van der Waals surface area contributed by atoms with Crippen molar-refractivity contribution < 1.29 is 9.18 Å². The topological polar surface area (TPSA) is 29.1 Å². The SMILES string of the molecule is O=C(Nc1ccccc1F)c1ccc2c(c1)CCC2. The molecule has 1 N–H and O–H groups in total. The first kappa shape index (κ1) is 11.9. The van der Waals surface area contributed by atoms with Crippen LogP contribution in [0.2, 0.25) is 0 Å². The van der Waals surface area contributed by atoms with Gasteiger partial charge in [0.25, 0.3) is 5.91 Å². The molecule has 1 aliphatic rings. The fourth-order valence-electron chi connectivity index (χ4n) is 2.47. The average molecular weight is 255 g/mol. The molecule has 0 spiro atoms. The molecule has 0 unspecified atom stereocenters. The zero-order chi connectivity index (χ0) is 13.2. The molecule has 0 fully saturated rings. The lowest BCUT2D eigenvalue weighted by molar-refractivity contribution is 0.102. The summed E-state index contributed by atoms with van der Waals surface area (Å²) in [5.41, 5.74) is 3.36. The van der Waals surface area contributed by atoms with Gasteiger partial charge in [-0.05, 0) is 54.7 Å². The lowest BCUT2D eigenvalue weighted by Crippen LogP contribution is -2.13. The molecular formula is C16H14FNO. The summed E-state index contributed by atoms with van der Waals surface area (Å²) in [5.74, 6) is -0.684. The van der Waals surface area contributed by atoms with E-state index in [4.69, 9.17) is 0 Å². The Morgan fingerprint density at radius 3 is 2.68 bits per heavy atom. The fraction of sp³-hybridized carbons (Fsp3) is 0.188. The molecule has 0 aliphatic heterocycles. The molecule has 0 saturated carbocycles. The Bertz CT molecular complexity index is 636. The van der Waals surface area contributed by atoms with Crippen LogP contribution in [0.1, 0.15) is 27.9 Å². The molecule has 3 rings (SSSR count). The second-order valence-electron chi connectivity index (χ2n) is 4.77. The number of para-hydroxylation sites is 1. The van der Waals surface area contributed by atoms with Crippen LogP contribution >= 0.6 is 0 Å². The van der Waals surface area contributed by atoms with E-state index in [0.717, 1.165) is 19.3 Å². The van der Waals surface area contributed by atoms with Crippen molar-refractivity contribution in [2.75, 3.05) is 5.32 Å². The molecule has 1 amide bonds. The first-order valence-corrected chi connectivity index (χ1v) is 6.42. The quantitative estimate of drug-likeness (QED) is 0.873. The molecule has 2 aromatic rings. The second kappa shape index (κ2) is 4.84. The molecule has 0 saturated heterocycles. The molecule has 1 aliphatic carbocycles. The van der Waals surface area contributed by atoms with Crippen LogP contribution in [0.15, 0.2) is 42.5 Å². The Morgan fingerprint density at radius 1 is 1.05 bits per heavy atom. The molecule has 3 heteroatoms. The van der Waals surface area contributed by atoms with Gasteiger partial charge in [0.05, 0.1) is 5.69 Å². The Kier molecular flexibility index (Phi) is 3.03. The zero-order valence-corrected chi connectivity index (χ0v) is 10.4. The smallest absolute Gasteiger partial charge is 0.255 e. The van der Waals surface area contributed by atoms with Gasteiger partial charge in [-0.1, -0.05) is 18.2 Å². The number of carbonyl (C=O) groups is 1. The number of aryl methyl sites for hydroxylation is 2. The highest BCUT2D eigenvalue weighted by atomic mass is 19.1. The van der Waals surface area contributed by atoms with Crippen molar-refractivity contribution in [3.05, 3.63) is 65.0 Å². The summed E-state index contributed by atoms with van der Waals surface area (Å²) in [6.45, 7) is 0. The van der Waals surface area contributed by atoms with Crippen molar-refractivity contribution in [2.24, 2.45) is 0 Å². The minimum Gasteiger partial charge on any atom is -0.319 e. The van der Waals surface area contributed by atoms with Crippen LogP contribution in [-0.4, -0.2) is 5.91 Å². The highest BCUT2D eigenvalue weighted by Gasteiger charge is 2.14. The predicted octanol–water partition coefficient (Wildman–Crippen LogP) is 3.57. The monoisotopic (exact) mass is 255 g/mol. The van der Waals surface area contributed by atoms with Crippen molar-refractivity contribution in [2.45, 2.75) is 19.3 Å². The summed E-state index contributed by atoms with van der Waals surface area (Å²) in [5, 5.41) is 2.60. The van der Waals surface area contributed by atoms with E-state index in [0.29, 0.717) is 5.56 Å². The number of rotatable bonds is 2. The first-order chi connectivity index (χ1) is 9.24. The van der Waals surface area contributed by atoms with Crippen molar-refractivity contribution in [3.63, 3.8) is 0 Å². The third kappa shape index (κ3) is 2.36. The number of anilines is 1. The minimum atomic E-state index is -0.419. The molecule has 96 valence electrons. The van der Waals surface area contributed by atoms with E-state index >= 15 is 0 Å². The van der Waals surface area contributed by atoms with Gasteiger partial charge in [0.2, 0.25) is 0 Å². The lowest BCUT2D eigenvalue weighted by atomic mass is 10.1. The first-order valence-electron chi connectivity index (χ1n) is 6.42. The van der Waals surface area contributed by atoms with Crippen LogP contribution in [0.25, 0.3) is 0 Å². The highest BCUT2D eigenvalue weighted by molar-refractivity contribution is 6.04. The van der Waals surface area contributed by atoms with Gasteiger partial charge >= 0.3 is 0 Å². The summed E-state index contributed by atoms with van der Waals surface area (Å²) >= 11 is 0. The number of hydrogen-bond donors (Lipinski definition) is 1. The van der Waals surface area contributed by atoms with Gasteiger partial charge in [-0.3, -0.25) is 4.79 Å². The number of nitrogens with one attached hydrogen (secondary N) is 1. The van der Waals surface area contributed by atoms with Crippen LogP contribution in [-0.2, 0) is 12.8 Å². The molecule has 19 heavy (non-hydrogen) atoms. The summed E-state index contributed by atoms with van der Waals surface area (Å²) in [6, 6.07) is 11.9. The van der Waals surface area contributed by atoms with Crippen LogP contribution < -0.4 is 5.32 Å². The summed E-state index contributed by atoms with van der Waals surface area (Å²) in [7, 11) is 0. The van der Waals surface area contributed by atoms with Crippen LogP contribution in [0, 0.1) is 5.82 Å². The second-order valence-corrected chi connectivity index (χ2v) is 4.77. The van der Waals surface area contributed by atoms with E-state index in [1.165, 1.54) is 17.2 Å². The molecule has 0 aromatic heterocycles. The summed E-state index contributed by atoms with van der Waals surface area (Å²) < 4.78 is 13.5. The number of hydrogen-bond acceptors (Lipinski definition) is 1. The molecule has 0 radical (unpaired) electrons. The van der Waals surface area contributed by atoms with Crippen LogP contribution in [0.5, 0.6) is 0 Å². The molecular weight excluding hydrogens is 241 g/mol. The average Bonchev–Trinajstić information content (AvgIpc) is 2.88. The normalized spacial score (nSPS) is 13.1. The Labute approximate surface area is 111 Å². The Morgan fingerprint density at radius 2 is 1.84 bits per heavy atom. The van der Waals surface area contributed by atoms with Crippen molar-refractivity contribution in [1.82, 2.24) is 0 Å². The van der Waals surface area contributed by atoms with Gasteiger partial charge in [0.15, 0.2) is 0 Å². The van der Waals surface area contributed by atoms with Crippen LogP contribution in [0.4, 0.5) is 10.1 Å². The van der Waals surface area contributed by atoms with E-state index in [-0.39, 0.29) is 11.6 Å². The largest absolute Gasteiger partial charge is 0.319 e. The standard InChI is InChI=1S/C16H14FNO/c17-14-6-1-2-7-15(14)18-16(19)13-9-8-11-4-3-5-12(11)10-13/h1-2,6-10H,3-5H2,(H,18,19). The third-order valence-corrected chi connectivity index (χ3v) is 3.48. The van der Waals surface area contributed by atoms with Gasteiger partial charge in [-0.25, -0.2) is 4.39 Å². The maximum atomic E-state index is 13.5. The number of carbonyl (C=O) groups excluding carboxylic acids is 1. The van der Waals surface area contributed by atoms with Gasteiger partial charge in [0, 0.05) is 5.56 Å². The van der Waals surface area contributed by atoms with E-state index < -0.39 is 5.82 Å². The molecule has 0 bridgehead atoms. The van der Waals surface area contributed by atoms with E-state index in [1.54, 1.807) is 24.3 Å². The molecule has 2 nitrogen and oxygen atoms in total. The van der Waals surface area contributed by atoms with E-state index in [1.807, 2.05) is 12.1 Å². The summed E-state index contributed by atoms with van der Waals surface area (Å²) in [6.07, 6.45) is 3.26. The Balaban J connectivity index is 1.83. The fourth-order valence-corrected chi connectivity index (χ4v) is 2.47. The number of fused-ring (bicyclic) bond motifs is 1. The van der Waals surface area contributed by atoms with Gasteiger partial charge in [0.1, 0.15) is 5.82 Å². The van der Waals surface area contributed by atoms with E-state index in [9.17, 15) is 9.18 Å². The third-order valence-electron chi connectivity index (χ3n) is 3.48.